The van der Waals surface area contributed by atoms with Gasteiger partial charge in [-0.25, -0.2) is 4.98 Å². The zero-order chi connectivity index (χ0) is 12.9. The Balaban J connectivity index is 2.28. The van der Waals surface area contributed by atoms with Crippen LogP contribution in [0.5, 0.6) is 0 Å². The Morgan fingerprint density at radius 3 is 2.61 bits per heavy atom. The van der Waals surface area contributed by atoms with Gasteiger partial charge < -0.3 is 5.73 Å². The molecule has 0 atom stereocenters. The Morgan fingerprint density at radius 2 is 2.00 bits per heavy atom. The van der Waals surface area contributed by atoms with Crippen molar-refractivity contribution in [1.82, 2.24) is 19.3 Å². The van der Waals surface area contributed by atoms with Gasteiger partial charge in [0.1, 0.15) is 5.52 Å². The molecule has 18 heavy (non-hydrogen) atoms. The predicted octanol–water partition coefficient (Wildman–Crippen LogP) is 2.20. The fourth-order valence-corrected chi connectivity index (χ4v) is 3.33. The molecule has 5 heteroatoms. The van der Waals surface area contributed by atoms with Crippen LogP contribution in [0, 0.1) is 0 Å². The third-order valence-electron chi connectivity index (χ3n) is 4.29. The smallest absolute Gasteiger partial charge is 0.203 e. The predicted molar refractivity (Wildman–Crippen MR) is 72.4 cm³/mol. The average molecular weight is 247 g/mol. The lowest BCUT2D eigenvalue weighted by Crippen LogP contribution is -2.28. The minimum absolute atomic E-state index is 0.109. The van der Waals surface area contributed by atoms with Crippen molar-refractivity contribution in [3.63, 3.8) is 0 Å². The number of hydrogen-bond acceptors (Lipinski definition) is 3. The van der Waals surface area contributed by atoms with Gasteiger partial charge in [-0.05, 0) is 26.2 Å². The molecule has 1 fully saturated rings. The van der Waals surface area contributed by atoms with Gasteiger partial charge in [-0.2, -0.15) is 5.10 Å². The summed E-state index contributed by atoms with van der Waals surface area (Å²) in [4.78, 5) is 4.55. The van der Waals surface area contributed by atoms with Crippen molar-refractivity contribution in [2.45, 2.75) is 51.5 Å². The Bertz CT molecular complexity index is 586. The van der Waals surface area contributed by atoms with E-state index in [4.69, 9.17) is 5.73 Å². The lowest BCUT2D eigenvalue weighted by atomic mass is 10.0. The van der Waals surface area contributed by atoms with Gasteiger partial charge in [-0.15, -0.1) is 0 Å². The molecule has 1 aliphatic rings. The zero-order valence-electron chi connectivity index (χ0n) is 11.4. The molecule has 98 valence electrons. The third kappa shape index (κ3) is 1.39. The zero-order valence-corrected chi connectivity index (χ0v) is 11.4. The maximum atomic E-state index is 6.17. The van der Waals surface area contributed by atoms with Crippen molar-refractivity contribution < 1.29 is 0 Å². The van der Waals surface area contributed by atoms with E-state index in [1.165, 1.54) is 25.7 Å². The van der Waals surface area contributed by atoms with Gasteiger partial charge in [-0.3, -0.25) is 9.25 Å². The lowest BCUT2D eigenvalue weighted by Gasteiger charge is -2.27. The highest BCUT2D eigenvalue weighted by atomic mass is 15.4. The number of nitrogens with two attached hydrogens (primary N) is 1. The molecule has 5 nitrogen and oxygen atoms in total. The molecule has 0 aliphatic heterocycles. The van der Waals surface area contributed by atoms with Gasteiger partial charge in [0.05, 0.1) is 5.69 Å². The van der Waals surface area contributed by atoms with Gasteiger partial charge in [-0.1, -0.05) is 19.8 Å². The topological polar surface area (TPSA) is 61.7 Å². The molecule has 1 aliphatic carbocycles. The summed E-state index contributed by atoms with van der Waals surface area (Å²) in [6.45, 7) is 4.39. The van der Waals surface area contributed by atoms with E-state index in [1.807, 2.05) is 11.7 Å². The number of nitrogen functional groups attached to an aromatic ring is 1. The van der Waals surface area contributed by atoms with Crippen molar-refractivity contribution in [3.05, 3.63) is 5.69 Å². The molecule has 0 radical (unpaired) electrons. The number of fused-ring (bicyclic) bond motifs is 1. The number of rotatable bonds is 2. The summed E-state index contributed by atoms with van der Waals surface area (Å²) in [6.07, 6.45) is 5.79. The molecule has 0 amide bonds. The monoisotopic (exact) mass is 247 g/mol. The second-order valence-electron chi connectivity index (χ2n) is 5.61. The van der Waals surface area contributed by atoms with E-state index < -0.39 is 0 Å². The number of aromatic nitrogens is 4. The lowest BCUT2D eigenvalue weighted by molar-refractivity contribution is 0.339. The van der Waals surface area contributed by atoms with E-state index in [0.29, 0.717) is 5.95 Å². The second kappa shape index (κ2) is 3.73. The van der Waals surface area contributed by atoms with Crippen molar-refractivity contribution in [3.8, 4) is 0 Å². The quantitative estimate of drug-likeness (QED) is 0.885. The van der Waals surface area contributed by atoms with Crippen LogP contribution in [-0.2, 0) is 19.0 Å². The van der Waals surface area contributed by atoms with Crippen LogP contribution < -0.4 is 5.73 Å². The molecule has 0 bridgehead atoms. The highest BCUT2D eigenvalue weighted by Gasteiger charge is 2.35. The van der Waals surface area contributed by atoms with Crippen LogP contribution in [0.2, 0.25) is 0 Å². The van der Waals surface area contributed by atoms with Crippen LogP contribution in [0.1, 0.15) is 45.2 Å². The van der Waals surface area contributed by atoms with Crippen LogP contribution in [0.15, 0.2) is 0 Å². The van der Waals surface area contributed by atoms with Crippen molar-refractivity contribution >= 4 is 17.1 Å². The first-order chi connectivity index (χ1) is 8.57. The average Bonchev–Trinajstić information content (AvgIpc) is 2.96. The van der Waals surface area contributed by atoms with Crippen LogP contribution in [0.4, 0.5) is 5.95 Å². The summed E-state index contributed by atoms with van der Waals surface area (Å²) >= 11 is 0. The minimum atomic E-state index is 0.109. The molecule has 0 aromatic carbocycles. The standard InChI is InChI=1S/C13H21N5/c1-4-9-10-11(17(3)16-9)18(12(14)15-10)13(2)7-5-6-8-13/h4-8H2,1-3H3,(H2,14,15). The maximum Gasteiger partial charge on any atom is 0.203 e. The van der Waals surface area contributed by atoms with Crippen LogP contribution in [-0.4, -0.2) is 19.3 Å². The fourth-order valence-electron chi connectivity index (χ4n) is 3.33. The van der Waals surface area contributed by atoms with E-state index in [-0.39, 0.29) is 5.54 Å². The normalized spacial score (nSPS) is 18.8. The Kier molecular flexibility index (Phi) is 2.40. The molecular formula is C13H21N5. The second-order valence-corrected chi connectivity index (χ2v) is 5.61. The first-order valence-electron chi connectivity index (χ1n) is 6.77. The minimum Gasteiger partial charge on any atom is -0.369 e. The molecule has 2 heterocycles. The molecule has 2 aromatic rings. The summed E-state index contributed by atoms with van der Waals surface area (Å²) < 4.78 is 4.14. The molecular weight excluding hydrogens is 226 g/mol. The van der Waals surface area contributed by atoms with E-state index in [2.05, 4.69) is 28.5 Å². The molecule has 1 saturated carbocycles. The van der Waals surface area contributed by atoms with Crippen LogP contribution in [0.3, 0.4) is 0 Å². The summed E-state index contributed by atoms with van der Waals surface area (Å²) in [6, 6.07) is 0. The number of aryl methyl sites for hydroxylation is 2. The van der Waals surface area contributed by atoms with Gasteiger partial charge in [0.2, 0.25) is 5.95 Å². The molecule has 2 aromatic heterocycles. The summed E-state index contributed by atoms with van der Waals surface area (Å²) in [7, 11) is 1.98. The summed E-state index contributed by atoms with van der Waals surface area (Å²) in [5, 5.41) is 4.55. The van der Waals surface area contributed by atoms with Crippen molar-refractivity contribution in [1.29, 1.82) is 0 Å². The first-order valence-corrected chi connectivity index (χ1v) is 6.77. The molecule has 2 N–H and O–H groups in total. The molecule has 0 unspecified atom stereocenters. The van der Waals surface area contributed by atoms with Gasteiger partial charge >= 0.3 is 0 Å². The highest BCUT2D eigenvalue weighted by Crippen LogP contribution is 2.40. The largest absolute Gasteiger partial charge is 0.369 e. The number of anilines is 1. The highest BCUT2D eigenvalue weighted by molar-refractivity contribution is 5.78. The summed E-state index contributed by atoms with van der Waals surface area (Å²) in [5.41, 5.74) is 9.37. The first kappa shape index (κ1) is 11.6. The van der Waals surface area contributed by atoms with E-state index in [0.717, 1.165) is 23.3 Å². The van der Waals surface area contributed by atoms with Crippen molar-refractivity contribution in [2.24, 2.45) is 7.05 Å². The van der Waals surface area contributed by atoms with E-state index in [9.17, 15) is 0 Å². The molecule has 0 saturated heterocycles. The van der Waals surface area contributed by atoms with E-state index >= 15 is 0 Å². The number of imidazole rings is 1. The fraction of sp³-hybridized carbons (Fsp3) is 0.692. The van der Waals surface area contributed by atoms with Crippen molar-refractivity contribution in [2.75, 3.05) is 5.73 Å². The Labute approximate surface area is 107 Å². The number of hydrogen-bond donors (Lipinski definition) is 1. The Morgan fingerprint density at radius 1 is 1.33 bits per heavy atom. The SMILES string of the molecule is CCc1nn(C)c2c1nc(N)n2C1(C)CCCC1. The molecule has 0 spiro atoms. The summed E-state index contributed by atoms with van der Waals surface area (Å²) in [5.74, 6) is 0.636. The van der Waals surface area contributed by atoms with Crippen LogP contribution >= 0.6 is 0 Å². The van der Waals surface area contributed by atoms with Crippen LogP contribution in [0.25, 0.3) is 11.2 Å². The maximum absolute atomic E-state index is 6.17. The molecule has 3 rings (SSSR count). The Hall–Kier alpha value is -1.52. The van der Waals surface area contributed by atoms with Gasteiger partial charge in [0.25, 0.3) is 0 Å². The number of nitrogens with zero attached hydrogens (tertiary/aromatic N) is 4. The van der Waals surface area contributed by atoms with Gasteiger partial charge in [0, 0.05) is 12.6 Å². The van der Waals surface area contributed by atoms with E-state index in [1.54, 1.807) is 0 Å². The third-order valence-corrected chi connectivity index (χ3v) is 4.29. The van der Waals surface area contributed by atoms with Gasteiger partial charge in [0.15, 0.2) is 5.65 Å².